The molecule has 7 nitrogen and oxygen atoms in total. The van der Waals surface area contributed by atoms with E-state index in [2.05, 4.69) is 5.16 Å². The molecule has 1 aliphatic heterocycles. The fourth-order valence-corrected chi connectivity index (χ4v) is 2.52. The van der Waals surface area contributed by atoms with E-state index in [-0.39, 0.29) is 18.3 Å². The fraction of sp³-hybridized carbons (Fsp3) is 0.615. The number of hydrogen-bond acceptors (Lipinski definition) is 5. The topological polar surface area (TPSA) is 92.9 Å². The molecule has 0 spiro atoms. The minimum atomic E-state index is -1.02. The van der Waals surface area contributed by atoms with Gasteiger partial charge in [-0.2, -0.15) is 0 Å². The first-order valence-electron chi connectivity index (χ1n) is 6.63. The van der Waals surface area contributed by atoms with E-state index in [4.69, 9.17) is 9.26 Å². The van der Waals surface area contributed by atoms with Gasteiger partial charge in [0.15, 0.2) is 5.69 Å². The Balaban J connectivity index is 1.78. The molecule has 2 atom stereocenters. The summed E-state index contributed by atoms with van der Waals surface area (Å²) < 4.78 is 10.3. The third-order valence-electron chi connectivity index (χ3n) is 3.87. The first-order chi connectivity index (χ1) is 9.60. The van der Waals surface area contributed by atoms with E-state index in [9.17, 15) is 14.7 Å². The Morgan fingerprint density at radius 1 is 1.50 bits per heavy atom. The molecule has 0 unspecified atom stereocenters. The highest BCUT2D eigenvalue weighted by molar-refractivity contribution is 5.95. The summed E-state index contributed by atoms with van der Waals surface area (Å²) in [4.78, 5) is 24.9. The first-order valence-corrected chi connectivity index (χ1v) is 6.63. The van der Waals surface area contributed by atoms with Crippen molar-refractivity contribution in [3.63, 3.8) is 0 Å². The maximum absolute atomic E-state index is 12.4. The highest BCUT2D eigenvalue weighted by Gasteiger charge is 2.41. The smallest absolute Gasteiger partial charge is 0.326 e. The predicted molar refractivity (Wildman–Crippen MR) is 66.4 cm³/mol. The summed E-state index contributed by atoms with van der Waals surface area (Å²) in [5, 5.41) is 13.0. The lowest BCUT2D eigenvalue weighted by atomic mass is 10.2. The lowest BCUT2D eigenvalue weighted by Gasteiger charge is -2.19. The molecule has 0 aromatic carbocycles. The number of rotatable bonds is 4. The van der Waals surface area contributed by atoms with Gasteiger partial charge >= 0.3 is 5.97 Å². The van der Waals surface area contributed by atoms with E-state index in [1.165, 1.54) is 12.0 Å². The van der Waals surface area contributed by atoms with Crippen molar-refractivity contribution < 1.29 is 24.0 Å². The minimum absolute atomic E-state index is 0.176. The second kappa shape index (κ2) is 4.90. The molecule has 2 heterocycles. The summed E-state index contributed by atoms with van der Waals surface area (Å²) >= 11 is 0. The number of carboxylic acids is 1. The number of hydrogen-bond donors (Lipinski definition) is 1. The molecular formula is C13H16N2O5. The second-order valence-electron chi connectivity index (χ2n) is 5.29. The lowest BCUT2D eigenvalue weighted by molar-refractivity contribution is -0.141. The van der Waals surface area contributed by atoms with Crippen LogP contribution >= 0.6 is 0 Å². The SMILES string of the molecule is CO[C@@H]1C[C@@H](C(=O)O)N(C(=O)c2cc(C3CC3)on2)C1. The average molecular weight is 280 g/mol. The normalized spacial score (nSPS) is 25.9. The zero-order chi connectivity index (χ0) is 14.3. The second-order valence-corrected chi connectivity index (χ2v) is 5.29. The first kappa shape index (κ1) is 13.1. The zero-order valence-corrected chi connectivity index (χ0v) is 11.1. The maximum Gasteiger partial charge on any atom is 0.326 e. The number of aliphatic carboxylic acids is 1. The summed E-state index contributed by atoms with van der Waals surface area (Å²) in [5.74, 6) is -0.358. The van der Waals surface area contributed by atoms with Gasteiger partial charge in [-0.15, -0.1) is 0 Å². The number of aromatic nitrogens is 1. The van der Waals surface area contributed by atoms with Gasteiger partial charge in [-0.25, -0.2) is 4.79 Å². The van der Waals surface area contributed by atoms with Crippen LogP contribution in [0.3, 0.4) is 0 Å². The number of likely N-dealkylation sites (tertiary alicyclic amines) is 1. The van der Waals surface area contributed by atoms with Gasteiger partial charge in [-0.1, -0.05) is 5.16 Å². The molecule has 0 bridgehead atoms. The Morgan fingerprint density at radius 3 is 2.85 bits per heavy atom. The van der Waals surface area contributed by atoms with Crippen LogP contribution in [0, 0.1) is 0 Å². The largest absolute Gasteiger partial charge is 0.480 e. The van der Waals surface area contributed by atoms with Crippen LogP contribution < -0.4 is 0 Å². The predicted octanol–water partition coefficient (Wildman–Crippen LogP) is 0.866. The molecule has 2 fully saturated rings. The lowest BCUT2D eigenvalue weighted by Crippen LogP contribution is -2.40. The van der Waals surface area contributed by atoms with E-state index in [1.807, 2.05) is 0 Å². The third kappa shape index (κ3) is 2.29. The number of carboxylic acid groups (broad SMARTS) is 1. The maximum atomic E-state index is 12.4. The molecule has 0 radical (unpaired) electrons. The molecule has 1 amide bonds. The van der Waals surface area contributed by atoms with Crippen LogP contribution in [0.4, 0.5) is 0 Å². The highest BCUT2D eigenvalue weighted by Crippen LogP contribution is 2.40. The quantitative estimate of drug-likeness (QED) is 0.879. The number of carbonyl (C=O) groups excluding carboxylic acids is 1. The van der Waals surface area contributed by atoms with Crippen molar-refractivity contribution in [2.24, 2.45) is 0 Å². The summed E-state index contributed by atoms with van der Waals surface area (Å²) in [5.41, 5.74) is 0.176. The van der Waals surface area contributed by atoms with Gasteiger partial charge in [-0.3, -0.25) is 4.79 Å². The van der Waals surface area contributed by atoms with Gasteiger partial charge in [0.1, 0.15) is 11.8 Å². The van der Waals surface area contributed by atoms with Crippen LogP contribution in [-0.2, 0) is 9.53 Å². The van der Waals surface area contributed by atoms with Gasteiger partial charge in [0, 0.05) is 32.1 Å². The summed E-state index contributed by atoms with van der Waals surface area (Å²) in [6.45, 7) is 0.262. The number of ether oxygens (including phenoxy) is 1. The van der Waals surface area contributed by atoms with Crippen LogP contribution in [-0.4, -0.2) is 52.8 Å². The molecule has 1 aromatic rings. The van der Waals surface area contributed by atoms with E-state index < -0.39 is 17.9 Å². The number of amides is 1. The van der Waals surface area contributed by atoms with Crippen LogP contribution in [0.5, 0.6) is 0 Å². The molecule has 1 N–H and O–H groups in total. The van der Waals surface area contributed by atoms with E-state index in [0.717, 1.165) is 12.8 Å². The Bertz CT molecular complexity index is 537. The molecule has 1 aliphatic carbocycles. The minimum Gasteiger partial charge on any atom is -0.480 e. The van der Waals surface area contributed by atoms with Gasteiger partial charge < -0.3 is 19.3 Å². The molecular weight excluding hydrogens is 264 g/mol. The van der Waals surface area contributed by atoms with E-state index in [1.54, 1.807) is 6.07 Å². The van der Waals surface area contributed by atoms with Crippen molar-refractivity contribution in [3.05, 3.63) is 17.5 Å². The fourth-order valence-electron chi connectivity index (χ4n) is 2.52. The van der Waals surface area contributed by atoms with Crippen molar-refractivity contribution in [1.29, 1.82) is 0 Å². The van der Waals surface area contributed by atoms with Crippen LogP contribution in [0.1, 0.15) is 41.4 Å². The monoisotopic (exact) mass is 280 g/mol. The molecule has 108 valence electrons. The van der Waals surface area contributed by atoms with Crippen LogP contribution in [0.25, 0.3) is 0 Å². The Kier molecular flexibility index (Phi) is 3.21. The molecule has 7 heteroatoms. The van der Waals surface area contributed by atoms with Crippen molar-refractivity contribution in [1.82, 2.24) is 10.1 Å². The molecule has 3 rings (SSSR count). The van der Waals surface area contributed by atoms with E-state index >= 15 is 0 Å². The van der Waals surface area contributed by atoms with Crippen molar-refractivity contribution in [2.45, 2.75) is 37.3 Å². The summed E-state index contributed by atoms with van der Waals surface area (Å²) in [7, 11) is 1.51. The molecule has 1 aromatic heterocycles. The van der Waals surface area contributed by atoms with Gasteiger partial charge in [0.2, 0.25) is 0 Å². The van der Waals surface area contributed by atoms with E-state index in [0.29, 0.717) is 18.1 Å². The molecule has 1 saturated carbocycles. The standard InChI is InChI=1S/C13H16N2O5/c1-19-8-4-10(13(17)18)15(6-8)12(16)9-5-11(20-14-9)7-2-3-7/h5,7-8,10H,2-4,6H2,1H3,(H,17,18)/t8-,10+/m1/s1. The molecule has 1 saturated heterocycles. The number of carbonyl (C=O) groups is 2. The molecule has 2 aliphatic rings. The summed E-state index contributed by atoms with van der Waals surface area (Å²) in [6.07, 6.45) is 2.15. The van der Waals surface area contributed by atoms with Crippen LogP contribution in [0.15, 0.2) is 10.6 Å². The third-order valence-corrected chi connectivity index (χ3v) is 3.87. The van der Waals surface area contributed by atoms with Crippen molar-refractivity contribution >= 4 is 11.9 Å². The van der Waals surface area contributed by atoms with Gasteiger partial charge in [0.05, 0.1) is 6.10 Å². The Morgan fingerprint density at radius 2 is 2.25 bits per heavy atom. The number of methoxy groups -OCH3 is 1. The van der Waals surface area contributed by atoms with Crippen LogP contribution in [0.2, 0.25) is 0 Å². The van der Waals surface area contributed by atoms with Gasteiger partial charge in [0.25, 0.3) is 5.91 Å². The Labute approximate surface area is 115 Å². The highest BCUT2D eigenvalue weighted by atomic mass is 16.5. The molecule has 20 heavy (non-hydrogen) atoms. The average Bonchev–Trinajstić information content (AvgIpc) is 3.02. The Hall–Kier alpha value is -1.89. The van der Waals surface area contributed by atoms with Crippen molar-refractivity contribution in [3.8, 4) is 0 Å². The number of nitrogens with zero attached hydrogens (tertiary/aromatic N) is 2. The summed E-state index contributed by atoms with van der Waals surface area (Å²) in [6, 6.07) is 0.757. The van der Waals surface area contributed by atoms with Crippen molar-refractivity contribution in [2.75, 3.05) is 13.7 Å². The van der Waals surface area contributed by atoms with Gasteiger partial charge in [-0.05, 0) is 12.8 Å². The zero-order valence-electron chi connectivity index (χ0n) is 11.1.